The Morgan fingerprint density at radius 1 is 0.527 bits per heavy atom. The van der Waals surface area contributed by atoms with Gasteiger partial charge in [0.05, 0.1) is 0 Å². The molecule has 1 aliphatic heterocycles. The number of benzene rings is 2. The van der Waals surface area contributed by atoms with Crippen LogP contribution in [-0.4, -0.2) is 36.9 Å². The van der Waals surface area contributed by atoms with Crippen LogP contribution in [0.4, 0.5) is 0 Å². The van der Waals surface area contributed by atoms with E-state index < -0.39 is 16.1 Å². The van der Waals surface area contributed by atoms with Crippen LogP contribution in [0.15, 0.2) is 24.3 Å². The van der Waals surface area contributed by atoms with Crippen molar-refractivity contribution in [2.24, 2.45) is 0 Å². The molecule has 2 unspecified atom stereocenters. The molecule has 1 aliphatic carbocycles. The molecule has 0 bridgehead atoms. The third-order valence-electron chi connectivity index (χ3n) is 14.5. The van der Waals surface area contributed by atoms with Gasteiger partial charge in [-0.15, -0.1) is 0 Å². The second kappa shape index (κ2) is 18.2. The summed E-state index contributed by atoms with van der Waals surface area (Å²) in [6.45, 7) is 43.5. The van der Waals surface area contributed by atoms with E-state index in [1.807, 2.05) is 0 Å². The first-order valence-electron chi connectivity index (χ1n) is 22.2. The van der Waals surface area contributed by atoms with Crippen LogP contribution in [0.3, 0.4) is 0 Å². The standard InChI is InChI=1S/C48H84O2S2Si2.Ti/c1-31(2)53(32(3)4,33(5)6)43-27-39(47(13,14)15)25-37(45(43)49)29-51-41-23-21-19-20-22-24-42(41)52-30-38-26-40(48(16,17)18)28-44(46(38)50)54(34(7)8,35(9)10)36(11)12;/h25-28,31-36,41-42,49-50H,19-24,29-30H2,1-18H3;/t41-,42-;/m0./s1. The quantitative estimate of drug-likeness (QED) is 0.209. The van der Waals surface area contributed by atoms with E-state index in [-0.39, 0.29) is 26.3 Å². The first kappa shape index (κ1) is 47.6. The van der Waals surface area contributed by atoms with E-state index in [0.717, 1.165) is 22.0 Å². The molecule has 2 nitrogen and oxygen atoms in total. The van der Waals surface area contributed by atoms with Crippen LogP contribution in [0.2, 0.25) is 33.2 Å². The van der Waals surface area contributed by atoms with Crippen LogP contribution in [0.5, 0.6) is 11.5 Å². The van der Waals surface area contributed by atoms with Crippen molar-refractivity contribution in [3.8, 4) is 11.5 Å². The van der Waals surface area contributed by atoms with Crippen LogP contribution >= 0.6 is 15.9 Å². The molecule has 4 atom stereocenters. The Hall–Kier alpha value is -0.112. The van der Waals surface area contributed by atoms with Gasteiger partial charge in [0.1, 0.15) is 0 Å². The maximum atomic E-state index is 12.6. The zero-order valence-electron chi connectivity index (χ0n) is 38.8. The van der Waals surface area contributed by atoms with Crippen LogP contribution in [0, 0.1) is 0 Å². The molecule has 2 aromatic carbocycles. The molecule has 2 N–H and O–H groups in total. The summed E-state index contributed by atoms with van der Waals surface area (Å²) < 4.78 is 0. The maximum absolute atomic E-state index is 12.6. The molecule has 312 valence electrons. The van der Waals surface area contributed by atoms with Gasteiger partial charge >= 0.3 is 355 Å². The average Bonchev–Trinajstić information content (AvgIpc) is 3.32. The summed E-state index contributed by atoms with van der Waals surface area (Å²) in [5, 5.41) is 29.5. The normalized spacial score (nSPS) is 21.7. The Morgan fingerprint density at radius 3 is 1.07 bits per heavy atom. The van der Waals surface area contributed by atoms with Crippen molar-refractivity contribution in [1.82, 2.24) is 0 Å². The molecular weight excluding hydrogens is 777 g/mol. The fourth-order valence-corrected chi connectivity index (χ4v) is 46.5. The molecule has 0 amide bonds. The van der Waals surface area contributed by atoms with Crippen molar-refractivity contribution in [2.75, 3.05) is 0 Å². The second-order valence-electron chi connectivity index (χ2n) is 21.7. The van der Waals surface area contributed by atoms with E-state index in [0.29, 0.717) is 60.7 Å². The summed E-state index contributed by atoms with van der Waals surface area (Å²) in [7, 11) is -3.55. The van der Waals surface area contributed by atoms with Crippen molar-refractivity contribution in [3.63, 3.8) is 0 Å². The van der Waals surface area contributed by atoms with Gasteiger partial charge in [0.15, 0.2) is 0 Å². The molecule has 2 aliphatic rings. The van der Waals surface area contributed by atoms with Crippen molar-refractivity contribution in [3.05, 3.63) is 46.5 Å². The van der Waals surface area contributed by atoms with E-state index in [9.17, 15) is 10.2 Å². The molecule has 0 radical (unpaired) electrons. The van der Waals surface area contributed by atoms with Crippen LogP contribution < -0.4 is 10.4 Å². The Morgan fingerprint density at radius 2 is 0.818 bits per heavy atom. The molecule has 0 saturated heterocycles. The van der Waals surface area contributed by atoms with Crippen molar-refractivity contribution in [2.45, 2.75) is 229 Å². The Kier molecular flexibility index (Phi) is 15.8. The van der Waals surface area contributed by atoms with E-state index in [4.69, 9.17) is 0 Å². The number of phenols is 2. The van der Waals surface area contributed by atoms with Gasteiger partial charge in [0.25, 0.3) is 0 Å². The molecule has 1 heterocycles. The minimum absolute atomic E-state index is 0.0260. The van der Waals surface area contributed by atoms with Crippen molar-refractivity contribution in [1.29, 1.82) is 0 Å². The van der Waals surface area contributed by atoms with E-state index >= 15 is 0 Å². The fraction of sp³-hybridized carbons (Fsp3) is 0.750. The van der Waals surface area contributed by atoms with Crippen molar-refractivity contribution < 1.29 is 25.7 Å². The van der Waals surface area contributed by atoms with Gasteiger partial charge in [-0.1, -0.05) is 0 Å². The van der Waals surface area contributed by atoms with Gasteiger partial charge in [-0.25, -0.2) is 0 Å². The Labute approximate surface area is 352 Å². The summed E-state index contributed by atoms with van der Waals surface area (Å²) >= 11 is -0.307. The summed E-state index contributed by atoms with van der Waals surface area (Å²) in [5.41, 5.74) is 8.71. The van der Waals surface area contributed by atoms with E-state index in [1.165, 1.54) is 71.2 Å². The van der Waals surface area contributed by atoms with Crippen LogP contribution in [0.25, 0.3) is 0 Å². The molecule has 1 saturated carbocycles. The topological polar surface area (TPSA) is 40.5 Å². The number of hydrogen-bond acceptors (Lipinski definition) is 2. The third-order valence-corrected chi connectivity index (χ3v) is 44.5. The molecule has 0 spiro atoms. The number of hydrogen-bond donors (Lipinski definition) is 2. The summed E-state index contributed by atoms with van der Waals surface area (Å²) in [4.78, 5) is 0. The summed E-state index contributed by atoms with van der Waals surface area (Å²) in [5.74, 6) is 3.47. The number of phenolic OH excluding ortho intramolecular Hbond substituents is 2. The number of fused-ring (bicyclic) bond motifs is 1. The van der Waals surface area contributed by atoms with Gasteiger partial charge in [-0.3, -0.25) is 0 Å². The number of aromatic hydroxyl groups is 2. The molecule has 2 aromatic rings. The average molecular weight is 861 g/mol. The Bertz CT molecular complexity index is 1570. The summed E-state index contributed by atoms with van der Waals surface area (Å²) in [6.07, 6.45) is 8.19. The predicted octanol–water partition coefficient (Wildman–Crippen LogP) is 14.7. The van der Waals surface area contributed by atoms with Crippen LogP contribution in [0.1, 0.15) is 185 Å². The van der Waals surface area contributed by atoms with Gasteiger partial charge in [-0.05, 0) is 0 Å². The first-order valence-corrected chi connectivity index (χ1v) is 33.4. The van der Waals surface area contributed by atoms with E-state index in [1.54, 1.807) is 0 Å². The monoisotopic (exact) mass is 860 g/mol. The molecular formula is C48H84O2S2Si2Ti. The fourth-order valence-electron chi connectivity index (χ4n) is 11.9. The minimum atomic E-state index is -2.09. The first-order chi connectivity index (χ1) is 25.3. The molecule has 1 fully saturated rings. The van der Waals surface area contributed by atoms with E-state index in [2.05, 4.69) is 149 Å². The zero-order chi connectivity index (χ0) is 41.6. The molecule has 55 heavy (non-hydrogen) atoms. The molecule has 4 rings (SSSR count). The summed E-state index contributed by atoms with van der Waals surface area (Å²) in [6, 6.07) is 9.84. The van der Waals surface area contributed by atoms with Gasteiger partial charge < -0.3 is 0 Å². The van der Waals surface area contributed by atoms with Gasteiger partial charge in [0, 0.05) is 0 Å². The van der Waals surface area contributed by atoms with Crippen LogP contribution in [-0.2, 0) is 37.8 Å². The predicted molar refractivity (Wildman–Crippen MR) is 253 cm³/mol. The van der Waals surface area contributed by atoms with Gasteiger partial charge in [0.2, 0.25) is 0 Å². The number of rotatable bonds is 12. The van der Waals surface area contributed by atoms with Crippen molar-refractivity contribution >= 4 is 42.5 Å². The second-order valence-corrected chi connectivity index (χ2v) is 44.8. The zero-order valence-corrected chi connectivity index (χ0v) is 44.0. The Balaban J connectivity index is 2.00. The third kappa shape index (κ3) is 9.30. The van der Waals surface area contributed by atoms with Gasteiger partial charge in [-0.2, -0.15) is 0 Å². The SMILES string of the molecule is CC(C)[Si](c1cc(C(C)(C)C)cc(C[S]2=[Ti]=[S](Cc3cc(C(C)(C)C)cc([Si](C(C)C)(C(C)C)C(C)C)c3O)[C@H]3CCCCCC[C@@H]32)c1O)(C(C)C)C(C)C. The molecule has 0 aromatic heterocycles. The molecule has 7 heteroatoms.